The summed E-state index contributed by atoms with van der Waals surface area (Å²) in [4.78, 5) is 0. The van der Waals surface area contributed by atoms with Crippen LogP contribution in [0.3, 0.4) is 0 Å². The molecule has 0 unspecified atom stereocenters. The van der Waals surface area contributed by atoms with Gasteiger partial charge in [-0.05, 0) is 74.9 Å². The summed E-state index contributed by atoms with van der Waals surface area (Å²) >= 11 is 0. The van der Waals surface area contributed by atoms with Gasteiger partial charge in [-0.25, -0.2) is 0 Å². The van der Waals surface area contributed by atoms with E-state index in [2.05, 4.69) is 84.9 Å². The predicted octanol–water partition coefficient (Wildman–Crippen LogP) is 6.42. The lowest BCUT2D eigenvalue weighted by Crippen LogP contribution is -1.92. The Bertz CT molecular complexity index is 1100. The minimum Gasteiger partial charge on any atom is -0.0619 e. The Morgan fingerprint density at radius 2 is 0.889 bits per heavy atom. The Morgan fingerprint density at radius 1 is 0.444 bits per heavy atom. The molecular weight excluding hydrogens is 324 g/mol. The van der Waals surface area contributed by atoms with E-state index in [4.69, 9.17) is 0 Å². The van der Waals surface area contributed by atoms with Crippen LogP contribution < -0.4 is 0 Å². The molecule has 6 rings (SSSR count). The van der Waals surface area contributed by atoms with E-state index >= 15 is 0 Å². The maximum Gasteiger partial charge on any atom is -0.00134 e. The molecule has 0 nitrogen and oxygen atoms in total. The third kappa shape index (κ3) is 2.37. The van der Waals surface area contributed by atoms with Crippen LogP contribution in [0, 0.1) is 0 Å². The smallest absolute Gasteiger partial charge is 0.00134 e. The maximum atomic E-state index is 2.41. The normalized spacial score (nSPS) is 13.0. The summed E-state index contributed by atoms with van der Waals surface area (Å²) in [5, 5.41) is 0. The van der Waals surface area contributed by atoms with Gasteiger partial charge in [0.25, 0.3) is 0 Å². The molecule has 0 fully saturated rings. The highest BCUT2D eigenvalue weighted by atomic mass is 14.2. The summed E-state index contributed by atoms with van der Waals surface area (Å²) in [6.07, 6.45) is 3.14. The summed E-state index contributed by atoms with van der Waals surface area (Å²) in [5.41, 5.74) is 14.3. The van der Waals surface area contributed by atoms with Crippen molar-refractivity contribution in [2.24, 2.45) is 0 Å². The van der Waals surface area contributed by atoms with E-state index in [1.54, 1.807) is 0 Å². The topological polar surface area (TPSA) is 0 Å². The van der Waals surface area contributed by atoms with E-state index in [-0.39, 0.29) is 0 Å². The van der Waals surface area contributed by atoms with E-state index in [0.717, 1.165) is 19.3 Å². The van der Waals surface area contributed by atoms with Crippen LogP contribution in [0.1, 0.15) is 33.4 Å². The van der Waals surface area contributed by atoms with Crippen molar-refractivity contribution in [3.63, 3.8) is 0 Å². The fourth-order valence-electron chi connectivity index (χ4n) is 4.85. The van der Waals surface area contributed by atoms with E-state index < -0.39 is 0 Å². The van der Waals surface area contributed by atoms with E-state index in [9.17, 15) is 0 Å². The van der Waals surface area contributed by atoms with Crippen LogP contribution in [-0.4, -0.2) is 0 Å². The number of hydrogen-bond acceptors (Lipinski definition) is 0. The third-order valence-electron chi connectivity index (χ3n) is 6.12. The van der Waals surface area contributed by atoms with Crippen molar-refractivity contribution < 1.29 is 0 Å². The molecule has 4 aromatic carbocycles. The number of rotatable bonds is 2. The van der Waals surface area contributed by atoms with E-state index in [1.165, 1.54) is 55.6 Å². The van der Waals surface area contributed by atoms with Gasteiger partial charge < -0.3 is 0 Å². The summed E-state index contributed by atoms with van der Waals surface area (Å²) in [5.74, 6) is 0. The van der Waals surface area contributed by atoms with Crippen molar-refractivity contribution in [3.05, 3.63) is 118 Å². The first-order valence-corrected chi connectivity index (χ1v) is 9.75. The van der Waals surface area contributed by atoms with Crippen molar-refractivity contribution in [1.29, 1.82) is 0 Å². The highest BCUT2D eigenvalue weighted by Gasteiger charge is 2.19. The van der Waals surface area contributed by atoms with Crippen molar-refractivity contribution in [1.82, 2.24) is 0 Å². The van der Waals surface area contributed by atoms with Crippen LogP contribution in [0.5, 0.6) is 0 Å². The fraction of sp³-hybridized carbons (Fsp3) is 0.111. The van der Waals surface area contributed by atoms with Gasteiger partial charge in [0.15, 0.2) is 0 Å². The zero-order valence-corrected chi connectivity index (χ0v) is 15.2. The largest absolute Gasteiger partial charge is 0.0619 e. The lowest BCUT2D eigenvalue weighted by Gasteiger charge is -2.08. The molecule has 0 aromatic heterocycles. The van der Waals surface area contributed by atoms with Crippen LogP contribution >= 0.6 is 0 Å². The van der Waals surface area contributed by atoms with Crippen LogP contribution in [0.15, 0.2) is 84.9 Å². The second kappa shape index (κ2) is 5.69. The quantitative estimate of drug-likeness (QED) is 0.340. The van der Waals surface area contributed by atoms with Crippen molar-refractivity contribution >= 4 is 0 Å². The summed E-state index contributed by atoms with van der Waals surface area (Å²) < 4.78 is 0. The van der Waals surface area contributed by atoms with E-state index in [1.807, 2.05) is 0 Å². The predicted molar refractivity (Wildman–Crippen MR) is 112 cm³/mol. The SMILES string of the molecule is c1ccc2c(c1)Cc1cc(Cc3ccc4c(c3)Cc3ccccc3-4)ccc1-2. The molecule has 0 saturated heterocycles. The summed E-state index contributed by atoms with van der Waals surface area (Å²) in [6.45, 7) is 0. The third-order valence-corrected chi connectivity index (χ3v) is 6.12. The molecule has 0 atom stereocenters. The Labute approximate surface area is 160 Å². The van der Waals surface area contributed by atoms with Gasteiger partial charge in [-0.15, -0.1) is 0 Å². The van der Waals surface area contributed by atoms with Gasteiger partial charge in [-0.2, -0.15) is 0 Å². The molecule has 4 aromatic rings. The van der Waals surface area contributed by atoms with Gasteiger partial charge in [0.2, 0.25) is 0 Å². The second-order valence-electron chi connectivity index (χ2n) is 7.83. The molecule has 0 bridgehead atoms. The second-order valence-corrected chi connectivity index (χ2v) is 7.83. The van der Waals surface area contributed by atoms with Gasteiger partial charge in [-0.1, -0.05) is 84.9 Å². The molecule has 0 aliphatic heterocycles. The zero-order valence-electron chi connectivity index (χ0n) is 15.2. The Morgan fingerprint density at radius 3 is 1.41 bits per heavy atom. The molecular formula is C27H20. The van der Waals surface area contributed by atoms with Crippen LogP contribution in [-0.2, 0) is 19.3 Å². The lowest BCUT2D eigenvalue weighted by molar-refractivity contribution is 1.15. The van der Waals surface area contributed by atoms with Crippen LogP contribution in [0.2, 0.25) is 0 Å². The molecule has 0 spiro atoms. The molecule has 128 valence electrons. The summed E-state index contributed by atoms with van der Waals surface area (Å²) in [7, 11) is 0. The van der Waals surface area contributed by atoms with Crippen LogP contribution in [0.25, 0.3) is 22.3 Å². The minimum absolute atomic E-state index is 1.01. The average molecular weight is 344 g/mol. The van der Waals surface area contributed by atoms with Gasteiger partial charge in [0.05, 0.1) is 0 Å². The fourth-order valence-corrected chi connectivity index (χ4v) is 4.85. The molecule has 0 amide bonds. The first-order chi connectivity index (χ1) is 13.3. The molecule has 2 aliphatic carbocycles. The van der Waals surface area contributed by atoms with E-state index in [0.29, 0.717) is 0 Å². The highest BCUT2D eigenvalue weighted by Crippen LogP contribution is 2.38. The lowest BCUT2D eigenvalue weighted by atomic mass is 9.97. The Balaban J connectivity index is 1.31. The maximum absolute atomic E-state index is 2.41. The highest BCUT2D eigenvalue weighted by molar-refractivity contribution is 5.78. The molecule has 27 heavy (non-hydrogen) atoms. The van der Waals surface area contributed by atoms with Gasteiger partial charge in [0.1, 0.15) is 0 Å². The molecule has 0 heterocycles. The first-order valence-electron chi connectivity index (χ1n) is 9.75. The minimum atomic E-state index is 1.01. The molecule has 0 radical (unpaired) electrons. The summed E-state index contributed by atoms with van der Waals surface area (Å²) in [6, 6.07) is 31.7. The first kappa shape index (κ1) is 15.0. The van der Waals surface area contributed by atoms with Gasteiger partial charge in [-0.3, -0.25) is 0 Å². The number of fused-ring (bicyclic) bond motifs is 6. The zero-order chi connectivity index (χ0) is 17.8. The Hall–Kier alpha value is -3.12. The monoisotopic (exact) mass is 344 g/mol. The Kier molecular flexibility index (Phi) is 3.16. The van der Waals surface area contributed by atoms with Crippen molar-refractivity contribution in [2.75, 3.05) is 0 Å². The molecule has 0 saturated carbocycles. The molecule has 0 heteroatoms. The molecule has 2 aliphatic rings. The van der Waals surface area contributed by atoms with Crippen LogP contribution in [0.4, 0.5) is 0 Å². The van der Waals surface area contributed by atoms with Gasteiger partial charge in [0, 0.05) is 0 Å². The number of benzene rings is 4. The standard InChI is InChI=1S/C27H20/c1-3-7-24-20(5-1)16-22-14-18(9-11-26(22)24)13-19-10-12-27-23(15-19)17-21-6-2-4-8-25(21)27/h1-12,14-15H,13,16-17H2. The van der Waals surface area contributed by atoms with Crippen molar-refractivity contribution in [2.45, 2.75) is 19.3 Å². The number of hydrogen-bond donors (Lipinski definition) is 0. The van der Waals surface area contributed by atoms with Crippen molar-refractivity contribution in [3.8, 4) is 22.3 Å². The van der Waals surface area contributed by atoms with Gasteiger partial charge >= 0.3 is 0 Å². The molecule has 0 N–H and O–H groups in total. The average Bonchev–Trinajstić information content (AvgIpc) is 3.25.